The molecule has 0 fully saturated rings. The van der Waals surface area contributed by atoms with Crippen molar-refractivity contribution in [1.82, 2.24) is 0 Å². The van der Waals surface area contributed by atoms with Crippen LogP contribution in [0.4, 0.5) is 0 Å². The Morgan fingerprint density at radius 3 is 0.537 bits per heavy atom. The van der Waals surface area contributed by atoms with E-state index in [-0.39, 0.29) is 0 Å². The number of hydrogen-bond acceptors (Lipinski definition) is 0. The van der Waals surface area contributed by atoms with E-state index in [1.807, 2.05) is 0 Å². The van der Waals surface area contributed by atoms with Crippen molar-refractivity contribution >= 4 is 311 Å². The van der Waals surface area contributed by atoms with E-state index in [9.17, 15) is 0 Å². The van der Waals surface area contributed by atoms with E-state index in [4.69, 9.17) is 0 Å². The fourth-order valence-electron chi connectivity index (χ4n) is 1.21. The van der Waals surface area contributed by atoms with E-state index in [1.165, 1.54) is 286 Å². The van der Waals surface area contributed by atoms with Crippen molar-refractivity contribution in [2.45, 2.75) is 0 Å². The normalized spacial score (nSPS) is 22.5. The molecule has 0 saturated carbocycles. The van der Waals surface area contributed by atoms with Crippen molar-refractivity contribution < 1.29 is 0 Å². The molecule has 0 heterocycles. The van der Waals surface area contributed by atoms with Gasteiger partial charge in [0.05, 0.1) is 0 Å². The number of rotatable bonds is 37. The van der Waals surface area contributed by atoms with Crippen molar-refractivity contribution in [2.24, 2.45) is 0 Å². The highest BCUT2D eigenvalue weighted by Crippen LogP contribution is 2.89. The molecule has 39 heteroatoms. The molecule has 0 rings (SSSR count). The van der Waals surface area contributed by atoms with Crippen LogP contribution in [0.25, 0.3) is 0 Å². The quantitative estimate of drug-likeness (QED) is 0.0430. The van der Waals surface area contributed by atoms with Gasteiger partial charge in [-0.2, -0.15) is 0 Å². The number of hydrogen-bond donors (Lipinski definition) is 0. The molecular formula is C2H45P39. The second-order valence-electron chi connectivity index (χ2n) is 5.53. The van der Waals surface area contributed by atoms with E-state index < -0.39 is 0 Å². The molecule has 0 nitrogen and oxygen atoms in total. The lowest BCUT2D eigenvalue weighted by Crippen LogP contribution is -1.40. The maximum Gasteiger partial charge on any atom is -0.0407 e. The van der Waals surface area contributed by atoms with Crippen LogP contribution in [-0.4, -0.2) is 13.3 Å². The molecule has 0 saturated heterocycles. The Bertz CT molecular complexity index is 435. The molecule has 0 N–H and O–H groups in total. The molecule has 0 amide bonds. The fourth-order valence-corrected chi connectivity index (χ4v) is 275. The Balaban J connectivity index is 3.03. The third-order valence-electron chi connectivity index (χ3n) is 2.48. The average Bonchev–Trinajstić information content (AvgIpc) is 2.97. The summed E-state index contributed by atoms with van der Waals surface area (Å²) < 4.78 is 0. The molecule has 38 atom stereocenters. The van der Waals surface area contributed by atoms with Gasteiger partial charge in [-0.3, -0.25) is 0 Å². The summed E-state index contributed by atoms with van der Waals surface area (Å²) in [5.74, 6) is 0. The highest BCUT2D eigenvalue weighted by molar-refractivity contribution is 8.95. The zero-order valence-electron chi connectivity index (χ0n) is 21.5. The van der Waals surface area contributed by atoms with Gasteiger partial charge < -0.3 is 0 Å². The maximum absolute atomic E-state index is 2.92. The van der Waals surface area contributed by atoms with Crippen molar-refractivity contribution in [3.05, 3.63) is 0 Å². The van der Waals surface area contributed by atoms with Gasteiger partial charge >= 0.3 is 0 Å². The Morgan fingerprint density at radius 1 is 0.244 bits per heavy atom. The van der Waals surface area contributed by atoms with Gasteiger partial charge in [-0.05, 0) is 13.3 Å². The lowest BCUT2D eigenvalue weighted by molar-refractivity contribution is 2.30. The molecule has 41 heavy (non-hydrogen) atoms. The topological polar surface area (TPSA) is 0 Å². The van der Waals surface area contributed by atoms with Crippen molar-refractivity contribution in [3.8, 4) is 0 Å². The summed E-state index contributed by atoms with van der Waals surface area (Å²) in [4.78, 5) is 0. The minimum atomic E-state index is 0.415. The molecule has 0 aromatic rings. The summed E-state index contributed by atoms with van der Waals surface area (Å²) >= 11 is 0. The van der Waals surface area contributed by atoms with Crippen LogP contribution >= 0.6 is 311 Å². The van der Waals surface area contributed by atoms with E-state index in [0.29, 0.717) is 7.61 Å². The molecule has 0 spiro atoms. The predicted molar refractivity (Wildman–Crippen MR) is 336 cm³/mol. The van der Waals surface area contributed by atoms with E-state index in [0.717, 1.165) is 7.96 Å². The van der Waals surface area contributed by atoms with Gasteiger partial charge in [0.1, 0.15) is 0 Å². The van der Waals surface area contributed by atoms with Crippen LogP contribution in [0.2, 0.25) is 0 Å². The minimum absolute atomic E-state index is 0.415. The molecule has 248 valence electrons. The van der Waals surface area contributed by atoms with Crippen LogP contribution in [-0.2, 0) is 0 Å². The maximum atomic E-state index is 2.92. The molecule has 0 bridgehead atoms. The highest BCUT2D eigenvalue weighted by Gasteiger charge is 1.96. The van der Waals surface area contributed by atoms with Crippen LogP contribution in [0, 0.1) is 0 Å². The van der Waals surface area contributed by atoms with Gasteiger partial charge in [-0.1, -0.05) is 302 Å². The van der Waals surface area contributed by atoms with Crippen LogP contribution < -0.4 is 0 Å². The second kappa shape index (κ2) is 54.8. The Kier molecular flexibility index (Phi) is 77.2. The summed E-state index contributed by atoms with van der Waals surface area (Å²) in [6.45, 7) is 4.91. The first-order chi connectivity index (χ1) is 20.3. The molecule has 0 aromatic heterocycles. The average molecular weight is 1280 g/mol. The minimum Gasteiger partial charge on any atom is -0.110 e. The molecule has 0 aromatic carbocycles. The molecule has 0 radical (unpaired) electrons. The van der Waals surface area contributed by atoms with Crippen LogP contribution in [0.1, 0.15) is 0 Å². The first-order valence-corrected chi connectivity index (χ1v) is 88.3. The Morgan fingerprint density at radius 2 is 0.390 bits per heavy atom. The summed E-state index contributed by atoms with van der Waals surface area (Å²) in [6.07, 6.45) is 0. The van der Waals surface area contributed by atoms with Crippen molar-refractivity contribution in [2.75, 3.05) is 13.3 Å². The van der Waals surface area contributed by atoms with E-state index in [1.54, 1.807) is 0 Å². The van der Waals surface area contributed by atoms with Crippen molar-refractivity contribution in [3.63, 3.8) is 0 Å². The standard InChI is InChI=1S/C2H45P39/c1-41(2)40-39-38-37-36-35-34-33-32-31-30-29-28-27-26-25-24-23-22-21-20-19-18-17-16-15-14-13-12-11-10-9-8-7-6-5-4-3/h4-40H,3H2,1-2H3. The van der Waals surface area contributed by atoms with Crippen LogP contribution in [0.15, 0.2) is 0 Å². The first-order valence-electron chi connectivity index (χ1n) is 10.4. The Hall–Kier alpha value is 16.8. The third-order valence-corrected chi connectivity index (χ3v) is 189. The summed E-state index contributed by atoms with van der Waals surface area (Å²) in [5, 5.41) is 0. The van der Waals surface area contributed by atoms with E-state index in [2.05, 4.69) is 22.3 Å². The SMILES string of the molecule is CP(C)PPPPPPPPPPPPPPPPPPPPPPPPPPPPPPPPPPPPPP. The molecule has 0 aliphatic carbocycles. The monoisotopic (exact) mass is 1280 g/mol. The molecule has 0 aliphatic rings. The summed E-state index contributed by atoms with van der Waals surface area (Å²) in [5.41, 5.74) is 0. The lowest BCUT2D eigenvalue weighted by atomic mass is 11.9. The van der Waals surface area contributed by atoms with Crippen LogP contribution in [0.3, 0.4) is 0 Å². The van der Waals surface area contributed by atoms with E-state index >= 15 is 0 Å². The Labute approximate surface area is 320 Å². The van der Waals surface area contributed by atoms with Crippen molar-refractivity contribution in [1.29, 1.82) is 0 Å². The molecular weight excluding hydrogens is 1230 g/mol. The molecule has 38 unspecified atom stereocenters. The second-order valence-corrected chi connectivity index (χ2v) is 130. The first kappa shape index (κ1) is 57.8. The largest absolute Gasteiger partial charge is 0.110 e. The van der Waals surface area contributed by atoms with Gasteiger partial charge in [0.15, 0.2) is 0 Å². The zero-order valence-corrected chi connectivity index (χ0v) is 60.6. The molecule has 0 aliphatic heterocycles. The van der Waals surface area contributed by atoms with Crippen LogP contribution in [0.5, 0.6) is 0 Å². The zero-order chi connectivity index (χ0) is 29.7. The smallest absolute Gasteiger partial charge is 0.0407 e. The lowest BCUT2D eigenvalue weighted by Gasteiger charge is -2.07. The summed E-state index contributed by atoms with van der Waals surface area (Å²) in [6, 6.07) is 0. The van der Waals surface area contributed by atoms with Gasteiger partial charge in [-0.25, -0.2) is 0 Å². The third kappa shape index (κ3) is 56.8. The predicted octanol–water partition coefficient (Wildman–Crippen LogP) is 23.5. The van der Waals surface area contributed by atoms with Gasteiger partial charge in [0.25, 0.3) is 0 Å². The fraction of sp³-hybridized carbons (Fsp3) is 1.00. The highest BCUT2D eigenvalue weighted by atomic mass is 33.0. The van der Waals surface area contributed by atoms with Gasteiger partial charge in [0.2, 0.25) is 0 Å². The van der Waals surface area contributed by atoms with Gasteiger partial charge in [-0.15, -0.1) is 8.93 Å². The summed E-state index contributed by atoms with van der Waals surface area (Å²) in [7, 11) is 53.9. The van der Waals surface area contributed by atoms with Gasteiger partial charge in [0, 0.05) is 0 Å².